The maximum atomic E-state index is 11.9. The van der Waals surface area contributed by atoms with Crippen molar-refractivity contribution in [3.05, 3.63) is 0 Å². The van der Waals surface area contributed by atoms with Gasteiger partial charge in [0.25, 0.3) is 0 Å². The molecule has 2 aliphatic heterocycles. The van der Waals surface area contributed by atoms with E-state index in [1.54, 1.807) is 6.92 Å². The Balaban J connectivity index is 1.95. The maximum Gasteiger partial charge on any atom is 0.308 e. The zero-order valence-corrected chi connectivity index (χ0v) is 17.1. The van der Waals surface area contributed by atoms with Crippen molar-refractivity contribution in [2.45, 2.75) is 97.1 Å². The summed E-state index contributed by atoms with van der Waals surface area (Å²) >= 11 is 0. The van der Waals surface area contributed by atoms with Crippen molar-refractivity contribution < 1.29 is 23.8 Å². The molecule has 0 aromatic heterocycles. The highest BCUT2D eigenvalue weighted by Crippen LogP contribution is 2.68. The summed E-state index contributed by atoms with van der Waals surface area (Å²) in [4.78, 5) is 23.8. The molecule has 0 aromatic rings. The van der Waals surface area contributed by atoms with Crippen LogP contribution in [0.1, 0.15) is 79.6 Å². The van der Waals surface area contributed by atoms with Gasteiger partial charge < -0.3 is 14.2 Å². The number of hydrogen-bond acceptors (Lipinski definition) is 5. The quantitative estimate of drug-likeness (QED) is 0.703. The lowest BCUT2D eigenvalue weighted by molar-refractivity contribution is -0.280. The van der Waals surface area contributed by atoms with Crippen LogP contribution in [0.25, 0.3) is 0 Å². The van der Waals surface area contributed by atoms with Gasteiger partial charge in [0.2, 0.25) is 0 Å². The summed E-state index contributed by atoms with van der Waals surface area (Å²) in [6, 6.07) is 0. The van der Waals surface area contributed by atoms with Crippen molar-refractivity contribution in [3.63, 3.8) is 0 Å². The first kappa shape index (κ1) is 19.8. The van der Waals surface area contributed by atoms with Crippen LogP contribution in [0.4, 0.5) is 0 Å². The van der Waals surface area contributed by atoms with Gasteiger partial charge >= 0.3 is 5.97 Å². The van der Waals surface area contributed by atoms with Crippen LogP contribution in [0.2, 0.25) is 0 Å². The van der Waals surface area contributed by atoms with Gasteiger partial charge in [-0.3, -0.25) is 9.59 Å². The summed E-state index contributed by atoms with van der Waals surface area (Å²) in [5.74, 6) is -0.536. The van der Waals surface area contributed by atoms with Crippen molar-refractivity contribution >= 4 is 11.8 Å². The Hall–Kier alpha value is -0.940. The predicted octanol–water partition coefficient (Wildman–Crippen LogP) is 4.03. The molecule has 0 bridgehead atoms. The summed E-state index contributed by atoms with van der Waals surface area (Å²) < 4.78 is 18.1. The first-order valence-corrected chi connectivity index (χ1v) is 9.91. The molecule has 5 heteroatoms. The normalized spacial score (nSPS) is 44.1. The van der Waals surface area contributed by atoms with E-state index in [9.17, 15) is 9.59 Å². The van der Waals surface area contributed by atoms with Gasteiger partial charge in [-0.15, -0.1) is 0 Å². The number of Topliss-reactive ketones (excluding diaryl/α,β-unsaturated/α-hetero) is 1. The van der Waals surface area contributed by atoms with Gasteiger partial charge in [-0.25, -0.2) is 0 Å². The van der Waals surface area contributed by atoms with Crippen LogP contribution in [-0.4, -0.2) is 36.4 Å². The highest BCUT2D eigenvalue weighted by molar-refractivity contribution is 5.76. The number of esters is 1. The van der Waals surface area contributed by atoms with E-state index < -0.39 is 11.4 Å². The topological polar surface area (TPSA) is 61.8 Å². The van der Waals surface area contributed by atoms with Crippen molar-refractivity contribution in [2.24, 2.45) is 16.7 Å². The second-order valence-corrected chi connectivity index (χ2v) is 9.86. The fourth-order valence-electron chi connectivity index (χ4n) is 6.23. The molecule has 3 fully saturated rings. The second kappa shape index (κ2) is 6.30. The maximum absolute atomic E-state index is 11.9. The van der Waals surface area contributed by atoms with E-state index >= 15 is 0 Å². The Labute approximate surface area is 157 Å². The number of rotatable bonds is 4. The van der Waals surface area contributed by atoms with E-state index in [-0.39, 0.29) is 41.0 Å². The molecule has 5 nitrogen and oxygen atoms in total. The lowest BCUT2D eigenvalue weighted by Crippen LogP contribution is -2.52. The predicted molar refractivity (Wildman–Crippen MR) is 97.5 cm³/mol. The molecule has 148 valence electrons. The third-order valence-electron chi connectivity index (χ3n) is 7.26. The Kier molecular flexibility index (Phi) is 4.80. The van der Waals surface area contributed by atoms with Gasteiger partial charge in [0.1, 0.15) is 5.78 Å². The van der Waals surface area contributed by atoms with Crippen molar-refractivity contribution in [1.29, 1.82) is 0 Å². The molecule has 1 aliphatic carbocycles. The fourth-order valence-corrected chi connectivity index (χ4v) is 6.23. The number of ether oxygens (including phenoxy) is 3. The van der Waals surface area contributed by atoms with Crippen LogP contribution in [0.3, 0.4) is 0 Å². The monoisotopic (exact) mass is 366 g/mol. The molecule has 2 heterocycles. The Morgan fingerprint density at radius 2 is 1.77 bits per heavy atom. The van der Waals surface area contributed by atoms with Gasteiger partial charge in [-0.1, -0.05) is 27.2 Å². The largest absolute Gasteiger partial charge is 0.469 e. The van der Waals surface area contributed by atoms with E-state index in [0.717, 1.165) is 32.1 Å². The first-order valence-electron chi connectivity index (χ1n) is 9.91. The molecule has 3 aliphatic rings. The van der Waals surface area contributed by atoms with Gasteiger partial charge in [0.15, 0.2) is 5.79 Å². The number of ketones is 1. The van der Waals surface area contributed by atoms with Crippen LogP contribution >= 0.6 is 0 Å². The van der Waals surface area contributed by atoms with E-state index in [4.69, 9.17) is 14.2 Å². The van der Waals surface area contributed by atoms with Crippen LogP contribution < -0.4 is 0 Å². The zero-order valence-electron chi connectivity index (χ0n) is 17.1. The van der Waals surface area contributed by atoms with Crippen LogP contribution in [0.5, 0.6) is 0 Å². The summed E-state index contributed by atoms with van der Waals surface area (Å²) in [6.45, 7) is 10.5. The van der Waals surface area contributed by atoms with Crippen LogP contribution in [0.15, 0.2) is 0 Å². The number of carbonyl (C=O) groups excluding carboxylic acids is 2. The average Bonchev–Trinajstić information content (AvgIpc) is 2.94. The van der Waals surface area contributed by atoms with Gasteiger partial charge in [-0.05, 0) is 38.5 Å². The Morgan fingerprint density at radius 3 is 2.38 bits per heavy atom. The number of hydrogen-bond donors (Lipinski definition) is 0. The highest BCUT2D eigenvalue weighted by atomic mass is 16.7. The molecule has 0 radical (unpaired) electrons. The molecule has 0 unspecified atom stereocenters. The summed E-state index contributed by atoms with van der Waals surface area (Å²) in [7, 11) is 1.41. The summed E-state index contributed by atoms with van der Waals surface area (Å²) in [5.41, 5.74) is -0.628. The minimum Gasteiger partial charge on any atom is -0.469 e. The molecule has 3 rings (SSSR count). The number of carbonyl (C=O) groups is 2. The fraction of sp³-hybridized carbons (Fsp3) is 0.905. The minimum atomic E-state index is -0.710. The van der Waals surface area contributed by atoms with Gasteiger partial charge in [0, 0.05) is 24.2 Å². The molecule has 1 spiro atoms. The molecule has 2 saturated heterocycles. The van der Waals surface area contributed by atoms with E-state index in [1.807, 2.05) is 6.92 Å². The van der Waals surface area contributed by atoms with Crippen molar-refractivity contribution in [2.75, 3.05) is 7.11 Å². The molecular weight excluding hydrogens is 332 g/mol. The smallest absolute Gasteiger partial charge is 0.308 e. The van der Waals surface area contributed by atoms with Crippen molar-refractivity contribution in [1.82, 2.24) is 0 Å². The van der Waals surface area contributed by atoms with Crippen LogP contribution in [-0.2, 0) is 23.8 Å². The zero-order chi connectivity index (χ0) is 19.4. The van der Waals surface area contributed by atoms with E-state index in [0.29, 0.717) is 6.42 Å². The van der Waals surface area contributed by atoms with E-state index in [1.165, 1.54) is 7.11 Å². The molecule has 0 amide bonds. The molecule has 5 atom stereocenters. The Bertz CT molecular complexity index is 599. The van der Waals surface area contributed by atoms with Gasteiger partial charge in [0.05, 0.1) is 25.2 Å². The number of fused-ring (bicyclic) bond motifs is 2. The molecular formula is C21H34O5. The van der Waals surface area contributed by atoms with Gasteiger partial charge in [-0.2, -0.15) is 0 Å². The van der Waals surface area contributed by atoms with E-state index in [2.05, 4.69) is 20.8 Å². The molecule has 1 saturated carbocycles. The standard InChI is InChI=1S/C21H34O5/c1-14(22)12-15-17-18(2,3)8-7-9-20(17,5)21(25-15)11-10-19(4,26-21)13-16(23)24-6/h15,17H,7-13H2,1-6H3/t15-,17+,19+,20+,21+/m0/s1. The number of methoxy groups -OCH3 is 1. The SMILES string of the molecule is COC(=O)C[C@@]1(C)CC[C@@]2(O[C@@H](CC(C)=O)[C@@H]3C(C)(C)CCC[C@]32C)O1. The third-order valence-corrected chi connectivity index (χ3v) is 7.26. The highest BCUT2D eigenvalue weighted by Gasteiger charge is 2.70. The second-order valence-electron chi connectivity index (χ2n) is 9.86. The summed E-state index contributed by atoms with van der Waals surface area (Å²) in [5, 5.41) is 0. The lowest BCUT2D eigenvalue weighted by atomic mass is 9.53. The minimum absolute atomic E-state index is 0.0985. The molecule has 26 heavy (non-hydrogen) atoms. The summed E-state index contributed by atoms with van der Waals surface area (Å²) in [6.07, 6.45) is 5.38. The molecule has 0 aromatic carbocycles. The Morgan fingerprint density at radius 1 is 1.08 bits per heavy atom. The average molecular weight is 366 g/mol. The first-order chi connectivity index (χ1) is 12.0. The van der Waals surface area contributed by atoms with Crippen LogP contribution in [0, 0.1) is 16.7 Å². The molecule has 0 N–H and O–H groups in total. The van der Waals surface area contributed by atoms with Crippen molar-refractivity contribution in [3.8, 4) is 0 Å². The third kappa shape index (κ3) is 3.01. The lowest BCUT2D eigenvalue weighted by Gasteiger charge is -2.51.